The van der Waals surface area contributed by atoms with Gasteiger partial charge in [0.1, 0.15) is 5.82 Å². The number of oxime groups is 1. The lowest BCUT2D eigenvalue weighted by Crippen LogP contribution is -1.87. The molecule has 0 aliphatic heterocycles. The maximum atomic E-state index is 13.2. The molecule has 0 spiro atoms. The zero-order chi connectivity index (χ0) is 9.26. The van der Waals surface area contributed by atoms with E-state index in [1.54, 1.807) is 12.3 Å². The largest absolute Gasteiger partial charge is 0.411 e. The lowest BCUT2D eigenvalue weighted by Gasteiger charge is -1.95. The van der Waals surface area contributed by atoms with Crippen LogP contribution >= 0.6 is 0 Å². The molecule has 0 fully saturated rings. The first kappa shape index (κ1) is 7.79. The summed E-state index contributed by atoms with van der Waals surface area (Å²) in [7, 11) is 0. The summed E-state index contributed by atoms with van der Waals surface area (Å²) < 4.78 is 13.2. The Morgan fingerprint density at radius 1 is 1.46 bits per heavy atom. The molecule has 3 nitrogen and oxygen atoms in total. The predicted octanol–water partition coefficient (Wildman–Crippen LogP) is 2.12. The van der Waals surface area contributed by atoms with E-state index >= 15 is 0 Å². The Kier molecular flexibility index (Phi) is 1.73. The number of hydrogen-bond donors (Lipinski definition) is 2. The van der Waals surface area contributed by atoms with Crippen molar-refractivity contribution >= 4 is 17.1 Å². The van der Waals surface area contributed by atoms with Gasteiger partial charge in [0.25, 0.3) is 0 Å². The quantitative estimate of drug-likeness (QED) is 0.392. The number of hydrogen-bond acceptors (Lipinski definition) is 2. The average Bonchev–Trinajstić information content (AvgIpc) is 2.52. The van der Waals surface area contributed by atoms with Gasteiger partial charge >= 0.3 is 0 Å². The van der Waals surface area contributed by atoms with Crippen LogP contribution in [0.2, 0.25) is 0 Å². The van der Waals surface area contributed by atoms with E-state index in [4.69, 9.17) is 5.21 Å². The number of aromatic nitrogens is 1. The van der Waals surface area contributed by atoms with E-state index in [2.05, 4.69) is 10.1 Å². The third-order valence-corrected chi connectivity index (χ3v) is 1.87. The molecule has 1 aromatic heterocycles. The number of rotatable bonds is 1. The minimum Gasteiger partial charge on any atom is -0.411 e. The minimum atomic E-state index is -0.409. The van der Waals surface area contributed by atoms with Crippen LogP contribution in [0.3, 0.4) is 0 Å². The van der Waals surface area contributed by atoms with Crippen molar-refractivity contribution in [2.45, 2.75) is 0 Å². The first-order chi connectivity index (χ1) is 6.31. The predicted molar refractivity (Wildman–Crippen MR) is 47.6 cm³/mol. The van der Waals surface area contributed by atoms with Crippen LogP contribution in [-0.4, -0.2) is 16.4 Å². The Hall–Kier alpha value is -1.84. The maximum Gasteiger partial charge on any atom is 0.134 e. The molecule has 0 saturated heterocycles. The second kappa shape index (κ2) is 2.90. The van der Waals surface area contributed by atoms with Crippen LogP contribution in [0, 0.1) is 5.82 Å². The molecule has 0 atom stereocenters. The van der Waals surface area contributed by atoms with Crippen LogP contribution in [0.15, 0.2) is 29.6 Å². The van der Waals surface area contributed by atoms with Crippen LogP contribution in [0.5, 0.6) is 0 Å². The van der Waals surface area contributed by atoms with E-state index < -0.39 is 5.82 Å². The molecule has 66 valence electrons. The fraction of sp³-hybridized carbons (Fsp3) is 0. The second-order valence-corrected chi connectivity index (χ2v) is 2.68. The highest BCUT2D eigenvalue weighted by Crippen LogP contribution is 2.16. The van der Waals surface area contributed by atoms with Gasteiger partial charge in [-0.1, -0.05) is 5.16 Å². The van der Waals surface area contributed by atoms with E-state index in [1.807, 2.05) is 6.07 Å². The van der Waals surface area contributed by atoms with Gasteiger partial charge in [-0.3, -0.25) is 0 Å². The normalized spacial score (nSPS) is 11.5. The van der Waals surface area contributed by atoms with Crippen LogP contribution in [0.1, 0.15) is 5.56 Å². The molecule has 0 aliphatic carbocycles. The topological polar surface area (TPSA) is 48.4 Å². The number of benzene rings is 1. The minimum absolute atomic E-state index is 0.273. The van der Waals surface area contributed by atoms with Crippen LogP contribution < -0.4 is 0 Å². The Balaban J connectivity index is 2.69. The SMILES string of the molecule is ON=Cc1cc2cc[nH]c2cc1F. The van der Waals surface area contributed by atoms with Gasteiger partial charge in [0.15, 0.2) is 0 Å². The third-order valence-electron chi connectivity index (χ3n) is 1.87. The summed E-state index contributed by atoms with van der Waals surface area (Å²) in [5, 5.41) is 11.9. The second-order valence-electron chi connectivity index (χ2n) is 2.68. The Morgan fingerprint density at radius 3 is 3.08 bits per heavy atom. The van der Waals surface area contributed by atoms with Crippen molar-refractivity contribution in [3.8, 4) is 0 Å². The van der Waals surface area contributed by atoms with Gasteiger partial charge in [0, 0.05) is 22.7 Å². The number of aromatic amines is 1. The summed E-state index contributed by atoms with van der Waals surface area (Å²) in [5.74, 6) is -0.409. The number of nitrogens with one attached hydrogen (secondary N) is 1. The van der Waals surface area contributed by atoms with E-state index in [-0.39, 0.29) is 5.56 Å². The summed E-state index contributed by atoms with van der Waals surface area (Å²) in [6.45, 7) is 0. The van der Waals surface area contributed by atoms with E-state index in [0.29, 0.717) is 0 Å². The number of H-pyrrole nitrogens is 1. The van der Waals surface area contributed by atoms with Crippen molar-refractivity contribution in [3.05, 3.63) is 35.8 Å². The van der Waals surface area contributed by atoms with Crippen molar-refractivity contribution in [2.24, 2.45) is 5.16 Å². The van der Waals surface area contributed by atoms with Gasteiger partial charge in [0.2, 0.25) is 0 Å². The smallest absolute Gasteiger partial charge is 0.134 e. The van der Waals surface area contributed by atoms with Crippen molar-refractivity contribution < 1.29 is 9.60 Å². The van der Waals surface area contributed by atoms with Gasteiger partial charge in [-0.05, 0) is 18.2 Å². The fourth-order valence-electron chi connectivity index (χ4n) is 1.25. The highest BCUT2D eigenvalue weighted by molar-refractivity contribution is 5.89. The molecule has 0 bridgehead atoms. The zero-order valence-electron chi connectivity index (χ0n) is 6.66. The Bertz CT molecular complexity index is 462. The molecule has 13 heavy (non-hydrogen) atoms. The van der Waals surface area contributed by atoms with E-state index in [0.717, 1.165) is 17.1 Å². The van der Waals surface area contributed by atoms with Gasteiger partial charge in [-0.15, -0.1) is 0 Å². The molecule has 0 unspecified atom stereocenters. The number of halogens is 1. The Morgan fingerprint density at radius 2 is 2.31 bits per heavy atom. The molecule has 0 radical (unpaired) electrons. The third kappa shape index (κ3) is 1.26. The summed E-state index contributed by atoms with van der Waals surface area (Å²) >= 11 is 0. The lowest BCUT2D eigenvalue weighted by atomic mass is 10.1. The number of fused-ring (bicyclic) bond motifs is 1. The van der Waals surface area contributed by atoms with Crippen molar-refractivity contribution in [1.29, 1.82) is 0 Å². The molecule has 1 heterocycles. The van der Waals surface area contributed by atoms with Gasteiger partial charge in [-0.25, -0.2) is 4.39 Å². The standard InChI is InChI=1S/C9H7FN2O/c10-8-4-9-6(1-2-11-9)3-7(8)5-12-13/h1-5,11,13H. The molecule has 2 N–H and O–H groups in total. The van der Waals surface area contributed by atoms with Crippen LogP contribution in [0.4, 0.5) is 4.39 Å². The first-order valence-electron chi connectivity index (χ1n) is 3.75. The summed E-state index contributed by atoms with van der Waals surface area (Å²) in [6, 6.07) is 4.80. The zero-order valence-corrected chi connectivity index (χ0v) is 6.66. The molecule has 1 aromatic carbocycles. The number of nitrogens with zero attached hydrogens (tertiary/aromatic N) is 1. The maximum absolute atomic E-state index is 13.2. The molecular weight excluding hydrogens is 171 g/mol. The first-order valence-corrected chi connectivity index (χ1v) is 3.75. The van der Waals surface area contributed by atoms with Gasteiger partial charge < -0.3 is 10.2 Å². The average molecular weight is 178 g/mol. The van der Waals surface area contributed by atoms with Gasteiger partial charge in [0.05, 0.1) is 6.21 Å². The monoisotopic (exact) mass is 178 g/mol. The molecule has 2 rings (SSSR count). The summed E-state index contributed by atoms with van der Waals surface area (Å²) in [6.07, 6.45) is 2.80. The summed E-state index contributed by atoms with van der Waals surface area (Å²) in [5.41, 5.74) is 1.00. The lowest BCUT2D eigenvalue weighted by molar-refractivity contribution is 0.321. The summed E-state index contributed by atoms with van der Waals surface area (Å²) in [4.78, 5) is 2.88. The van der Waals surface area contributed by atoms with Crippen molar-refractivity contribution in [2.75, 3.05) is 0 Å². The highest BCUT2D eigenvalue weighted by atomic mass is 19.1. The van der Waals surface area contributed by atoms with Crippen molar-refractivity contribution in [3.63, 3.8) is 0 Å². The molecule has 0 aliphatic rings. The van der Waals surface area contributed by atoms with Crippen LogP contribution in [-0.2, 0) is 0 Å². The van der Waals surface area contributed by atoms with E-state index in [1.165, 1.54) is 6.07 Å². The molecule has 0 amide bonds. The van der Waals surface area contributed by atoms with Gasteiger partial charge in [-0.2, -0.15) is 0 Å². The fourth-order valence-corrected chi connectivity index (χ4v) is 1.25. The molecule has 2 aromatic rings. The van der Waals surface area contributed by atoms with E-state index in [9.17, 15) is 4.39 Å². The van der Waals surface area contributed by atoms with Crippen LogP contribution in [0.25, 0.3) is 10.9 Å². The molecule has 0 saturated carbocycles. The molecular formula is C9H7FN2O. The molecule has 4 heteroatoms. The highest BCUT2D eigenvalue weighted by Gasteiger charge is 2.02. The van der Waals surface area contributed by atoms with Crippen molar-refractivity contribution in [1.82, 2.24) is 4.98 Å². The Labute approximate surface area is 73.5 Å².